The summed E-state index contributed by atoms with van der Waals surface area (Å²) in [5, 5.41) is 12.4. The average Bonchev–Trinajstić information content (AvgIpc) is 3.20. The summed E-state index contributed by atoms with van der Waals surface area (Å²) >= 11 is 1.59. The van der Waals surface area contributed by atoms with Crippen molar-refractivity contribution in [2.24, 2.45) is 5.92 Å². The van der Waals surface area contributed by atoms with Crippen molar-refractivity contribution >= 4 is 45.6 Å². The maximum absolute atomic E-state index is 12.5. The van der Waals surface area contributed by atoms with Crippen molar-refractivity contribution in [3.8, 4) is 0 Å². The third-order valence-electron chi connectivity index (χ3n) is 4.72. The second kappa shape index (κ2) is 9.90. The minimum Gasteiger partial charge on any atom is -0.369 e. The molecule has 3 heterocycles. The molecule has 0 saturated carbocycles. The molecule has 0 fully saturated rings. The van der Waals surface area contributed by atoms with Crippen LogP contribution >= 0.6 is 11.8 Å². The number of rotatable bonds is 9. The molecule has 4 rings (SSSR count). The van der Waals surface area contributed by atoms with Crippen molar-refractivity contribution in [1.29, 1.82) is 0 Å². The van der Waals surface area contributed by atoms with E-state index in [0.717, 1.165) is 34.7 Å². The molecule has 10 heteroatoms. The predicted molar refractivity (Wildman–Crippen MR) is 127 cm³/mol. The smallest absolute Gasteiger partial charge is 0.271 e. The molecule has 0 radical (unpaired) electrons. The van der Waals surface area contributed by atoms with E-state index in [9.17, 15) is 4.79 Å². The number of hydrogen-bond donors (Lipinski definition) is 2. The van der Waals surface area contributed by atoms with Crippen LogP contribution in [0.25, 0.3) is 22.1 Å². The molecule has 9 nitrogen and oxygen atoms in total. The van der Waals surface area contributed by atoms with Crippen molar-refractivity contribution in [1.82, 2.24) is 35.0 Å². The molecule has 1 aromatic carbocycles. The number of thioether (sulfide) groups is 1. The molecule has 0 bridgehead atoms. The van der Waals surface area contributed by atoms with Crippen molar-refractivity contribution < 1.29 is 4.79 Å². The quantitative estimate of drug-likeness (QED) is 0.295. The minimum atomic E-state index is -0.268. The molecule has 0 spiro atoms. The molecule has 0 unspecified atom stereocenters. The van der Waals surface area contributed by atoms with Gasteiger partial charge in [0.15, 0.2) is 10.8 Å². The molecular formula is C22H26N8OS. The molecule has 1 amide bonds. The Kier molecular flexibility index (Phi) is 6.79. The van der Waals surface area contributed by atoms with Gasteiger partial charge >= 0.3 is 0 Å². The third-order valence-corrected chi connectivity index (χ3v) is 5.45. The number of nitrogens with one attached hydrogen (secondary N) is 2. The summed E-state index contributed by atoms with van der Waals surface area (Å²) in [5.74, 6) is 1.90. The zero-order valence-corrected chi connectivity index (χ0v) is 19.2. The molecule has 3 aromatic heterocycles. The number of aromatic nitrogens is 6. The summed E-state index contributed by atoms with van der Waals surface area (Å²) in [7, 11) is 0. The number of hydrogen-bond acceptors (Lipinski definition) is 8. The number of amides is 1. The summed E-state index contributed by atoms with van der Waals surface area (Å²) in [6.07, 6.45) is 3.27. The fourth-order valence-corrected chi connectivity index (χ4v) is 3.73. The van der Waals surface area contributed by atoms with E-state index < -0.39 is 0 Å². The SMILES string of the molecule is CCSc1nc(NCC(C)C)c2cnn(CCNC(=O)c3cnc4ccccc4n3)c2n1. The van der Waals surface area contributed by atoms with Crippen LogP contribution in [0.15, 0.2) is 41.8 Å². The molecule has 0 aliphatic carbocycles. The summed E-state index contributed by atoms with van der Waals surface area (Å²) < 4.78 is 1.80. The first-order valence-corrected chi connectivity index (χ1v) is 11.6. The fourth-order valence-electron chi connectivity index (χ4n) is 3.16. The van der Waals surface area contributed by atoms with Crippen LogP contribution in [0.4, 0.5) is 5.82 Å². The Bertz CT molecular complexity index is 1240. The Morgan fingerprint density at radius 1 is 1.12 bits per heavy atom. The van der Waals surface area contributed by atoms with Gasteiger partial charge in [-0.2, -0.15) is 5.10 Å². The second-order valence-electron chi connectivity index (χ2n) is 7.67. The van der Waals surface area contributed by atoms with Crippen molar-refractivity contribution in [3.05, 3.63) is 42.4 Å². The summed E-state index contributed by atoms with van der Waals surface area (Å²) in [6.45, 7) is 8.06. The minimum absolute atomic E-state index is 0.268. The van der Waals surface area contributed by atoms with E-state index in [1.54, 1.807) is 22.6 Å². The van der Waals surface area contributed by atoms with Crippen LogP contribution in [0, 0.1) is 5.92 Å². The molecule has 0 saturated heterocycles. The summed E-state index contributed by atoms with van der Waals surface area (Å²) in [6, 6.07) is 7.47. The number of benzene rings is 1. The highest BCUT2D eigenvalue weighted by Gasteiger charge is 2.14. The average molecular weight is 451 g/mol. The van der Waals surface area contributed by atoms with E-state index in [-0.39, 0.29) is 11.6 Å². The predicted octanol–water partition coefficient (Wildman–Crippen LogP) is 3.38. The fraction of sp³-hybridized carbons (Fsp3) is 0.364. The Labute approximate surface area is 190 Å². The third kappa shape index (κ3) is 4.96. The first kappa shape index (κ1) is 21.9. The highest BCUT2D eigenvalue weighted by atomic mass is 32.2. The van der Waals surface area contributed by atoms with E-state index >= 15 is 0 Å². The normalized spacial score (nSPS) is 11.4. The molecule has 2 N–H and O–H groups in total. The largest absolute Gasteiger partial charge is 0.369 e. The Hall–Kier alpha value is -3.27. The van der Waals surface area contributed by atoms with Gasteiger partial charge in [0.2, 0.25) is 0 Å². The maximum atomic E-state index is 12.5. The standard InChI is InChI=1S/C22H26N8OS/c1-4-32-22-28-19(25-11-14(2)3)15-12-26-30(20(15)29-22)10-9-23-21(31)18-13-24-16-7-5-6-8-17(16)27-18/h5-8,12-14H,4,9-11H2,1-3H3,(H,23,31)(H,25,28,29). The maximum Gasteiger partial charge on any atom is 0.271 e. The van der Waals surface area contributed by atoms with Crippen LogP contribution in [0.5, 0.6) is 0 Å². The number of anilines is 1. The zero-order valence-electron chi connectivity index (χ0n) is 18.4. The first-order valence-electron chi connectivity index (χ1n) is 10.7. The number of para-hydroxylation sites is 2. The number of nitrogens with zero attached hydrogens (tertiary/aromatic N) is 6. The molecule has 0 aliphatic rings. The summed E-state index contributed by atoms with van der Waals surface area (Å²) in [4.78, 5) is 30.6. The zero-order chi connectivity index (χ0) is 22.5. The van der Waals surface area contributed by atoms with Gasteiger partial charge in [-0.25, -0.2) is 19.6 Å². The van der Waals surface area contributed by atoms with Gasteiger partial charge in [0.25, 0.3) is 5.91 Å². The van der Waals surface area contributed by atoms with E-state index in [2.05, 4.69) is 56.4 Å². The van der Waals surface area contributed by atoms with E-state index in [1.165, 1.54) is 6.20 Å². The van der Waals surface area contributed by atoms with Gasteiger partial charge in [-0.15, -0.1) is 0 Å². The van der Waals surface area contributed by atoms with E-state index in [4.69, 9.17) is 0 Å². The van der Waals surface area contributed by atoms with E-state index in [0.29, 0.717) is 29.7 Å². The van der Waals surface area contributed by atoms with Gasteiger partial charge in [-0.3, -0.25) is 9.78 Å². The lowest BCUT2D eigenvalue weighted by Crippen LogP contribution is -2.28. The molecule has 166 valence electrons. The van der Waals surface area contributed by atoms with Crippen molar-refractivity contribution in [3.63, 3.8) is 0 Å². The molecular weight excluding hydrogens is 424 g/mol. The van der Waals surface area contributed by atoms with Crippen LogP contribution in [-0.4, -0.2) is 54.5 Å². The van der Waals surface area contributed by atoms with Gasteiger partial charge in [-0.05, 0) is 23.8 Å². The number of fused-ring (bicyclic) bond motifs is 2. The van der Waals surface area contributed by atoms with Gasteiger partial charge in [0.1, 0.15) is 11.5 Å². The topological polar surface area (TPSA) is 111 Å². The first-order chi connectivity index (χ1) is 15.5. The lowest BCUT2D eigenvalue weighted by molar-refractivity contribution is 0.0947. The Morgan fingerprint density at radius 2 is 1.94 bits per heavy atom. The van der Waals surface area contributed by atoms with Crippen LogP contribution in [0.3, 0.4) is 0 Å². The van der Waals surface area contributed by atoms with E-state index in [1.807, 2.05) is 24.3 Å². The van der Waals surface area contributed by atoms with Crippen LogP contribution < -0.4 is 10.6 Å². The van der Waals surface area contributed by atoms with Gasteiger partial charge < -0.3 is 10.6 Å². The van der Waals surface area contributed by atoms with Crippen LogP contribution in [0.1, 0.15) is 31.3 Å². The lowest BCUT2D eigenvalue weighted by Gasteiger charge is -2.11. The molecule has 0 aliphatic heterocycles. The van der Waals surface area contributed by atoms with Crippen LogP contribution in [0.2, 0.25) is 0 Å². The van der Waals surface area contributed by atoms with Gasteiger partial charge in [-0.1, -0.05) is 44.7 Å². The van der Waals surface area contributed by atoms with Crippen LogP contribution in [-0.2, 0) is 6.54 Å². The molecule has 32 heavy (non-hydrogen) atoms. The molecule has 0 atom stereocenters. The van der Waals surface area contributed by atoms with Gasteiger partial charge in [0.05, 0.1) is 35.4 Å². The number of carbonyl (C=O) groups excluding carboxylic acids is 1. The van der Waals surface area contributed by atoms with Crippen molar-refractivity contribution in [2.45, 2.75) is 32.5 Å². The monoisotopic (exact) mass is 450 g/mol. The summed E-state index contributed by atoms with van der Waals surface area (Å²) in [5.41, 5.74) is 2.49. The van der Waals surface area contributed by atoms with Gasteiger partial charge in [0, 0.05) is 13.1 Å². The highest BCUT2D eigenvalue weighted by molar-refractivity contribution is 7.99. The Balaban J connectivity index is 1.47. The highest BCUT2D eigenvalue weighted by Crippen LogP contribution is 2.24. The number of carbonyl (C=O) groups is 1. The Morgan fingerprint density at radius 3 is 2.72 bits per heavy atom. The lowest BCUT2D eigenvalue weighted by atomic mass is 10.2. The van der Waals surface area contributed by atoms with Crippen molar-refractivity contribution in [2.75, 3.05) is 24.2 Å². The molecule has 4 aromatic rings. The second-order valence-corrected chi connectivity index (χ2v) is 8.90.